The number of likely N-dealkylation sites (N-methyl/N-ethyl adjacent to an activating group) is 1. The van der Waals surface area contributed by atoms with Gasteiger partial charge < -0.3 is 9.88 Å². The number of sulfone groups is 1. The van der Waals surface area contributed by atoms with E-state index < -0.39 is 26.4 Å². The third-order valence-electron chi connectivity index (χ3n) is 8.05. The third kappa shape index (κ3) is 5.99. The molecule has 1 saturated heterocycles. The number of carbonyl (C=O) groups excluding carboxylic acids is 1. The van der Waals surface area contributed by atoms with E-state index in [4.69, 9.17) is 0 Å². The molecule has 2 aromatic heterocycles. The number of hydrogen-bond donors (Lipinski definition) is 1. The lowest BCUT2D eigenvalue weighted by Gasteiger charge is -2.42. The van der Waals surface area contributed by atoms with Crippen LogP contribution in [0.5, 0.6) is 0 Å². The quantitative estimate of drug-likeness (QED) is 0.306. The molecule has 2 aromatic carbocycles. The van der Waals surface area contributed by atoms with Crippen molar-refractivity contribution in [2.24, 2.45) is 0 Å². The second-order valence-electron chi connectivity index (χ2n) is 11.1. The molecule has 0 spiro atoms. The Labute approximate surface area is 244 Å². The zero-order valence-electron chi connectivity index (χ0n) is 24.2. The zero-order valence-corrected chi connectivity index (χ0v) is 25.0. The van der Waals surface area contributed by atoms with Gasteiger partial charge in [0.05, 0.1) is 12.2 Å². The minimum absolute atomic E-state index is 0.0344. The molecule has 1 N–H and O–H groups in total. The van der Waals surface area contributed by atoms with Gasteiger partial charge in [-0.3, -0.25) is 9.69 Å². The van der Waals surface area contributed by atoms with Crippen LogP contribution in [0.3, 0.4) is 0 Å². The first kappa shape index (κ1) is 29.9. The Morgan fingerprint density at radius 2 is 1.88 bits per heavy atom. The summed E-state index contributed by atoms with van der Waals surface area (Å²) in [5, 5.41) is 0.704. The summed E-state index contributed by atoms with van der Waals surface area (Å²) in [4.78, 5) is 29.4. The summed E-state index contributed by atoms with van der Waals surface area (Å²) in [6, 6.07) is 9.80. The topological polar surface area (TPSA) is 99.3 Å². The Hall–Kier alpha value is -3.54. The first-order valence-corrected chi connectivity index (χ1v) is 15.9. The number of para-hydroxylation sites is 1. The molecule has 42 heavy (non-hydrogen) atoms. The van der Waals surface area contributed by atoms with Gasteiger partial charge in [0, 0.05) is 67.4 Å². The lowest BCUT2D eigenvalue weighted by molar-refractivity contribution is -0.125. The van der Waals surface area contributed by atoms with E-state index in [1.54, 1.807) is 6.20 Å². The van der Waals surface area contributed by atoms with Crippen molar-refractivity contribution in [3.63, 3.8) is 0 Å². The first-order chi connectivity index (χ1) is 20.0. The minimum atomic E-state index is -3.76. The van der Waals surface area contributed by atoms with Crippen molar-refractivity contribution in [2.75, 3.05) is 32.9 Å². The van der Waals surface area contributed by atoms with Gasteiger partial charge in [0.1, 0.15) is 22.2 Å². The molecular weight excluding hydrogens is 560 g/mol. The number of aromatic amines is 1. The second kappa shape index (κ2) is 12.0. The van der Waals surface area contributed by atoms with Gasteiger partial charge in [-0.05, 0) is 37.6 Å². The summed E-state index contributed by atoms with van der Waals surface area (Å²) >= 11 is 0. The Balaban J connectivity index is 1.43. The van der Waals surface area contributed by atoms with E-state index in [-0.39, 0.29) is 47.8 Å². The Kier molecular flexibility index (Phi) is 8.54. The number of rotatable bonds is 9. The van der Waals surface area contributed by atoms with Crippen molar-refractivity contribution in [1.29, 1.82) is 0 Å². The van der Waals surface area contributed by atoms with Crippen LogP contribution in [0.2, 0.25) is 0 Å². The SMILES string of the molecule is CC[C@@H](C(=O)Cc1cccc2c(-c3nc(Cc4cccc(S(C)(=O)=O)c4F)ncc3F)c[nH]c12)N1CCN(C)C[C@@H]1C. The van der Waals surface area contributed by atoms with Crippen LogP contribution in [0, 0.1) is 11.6 Å². The Morgan fingerprint density at radius 1 is 1.14 bits per heavy atom. The van der Waals surface area contributed by atoms with Crippen molar-refractivity contribution < 1.29 is 22.0 Å². The average molecular weight is 596 g/mol. The van der Waals surface area contributed by atoms with Crippen molar-refractivity contribution >= 4 is 26.5 Å². The highest BCUT2D eigenvalue weighted by atomic mass is 32.2. The van der Waals surface area contributed by atoms with Crippen molar-refractivity contribution in [1.82, 2.24) is 24.8 Å². The molecular formula is C31H35F2N5O3S. The highest BCUT2D eigenvalue weighted by Gasteiger charge is 2.31. The molecule has 5 rings (SSSR count). The number of Topliss-reactive ketones (excluding diaryl/α,β-unsaturated/α-hetero) is 1. The van der Waals surface area contributed by atoms with Gasteiger partial charge in [-0.25, -0.2) is 27.2 Å². The van der Waals surface area contributed by atoms with Gasteiger partial charge in [-0.2, -0.15) is 0 Å². The summed E-state index contributed by atoms with van der Waals surface area (Å²) in [6.07, 6.45) is 4.47. The van der Waals surface area contributed by atoms with E-state index in [0.717, 1.165) is 49.6 Å². The van der Waals surface area contributed by atoms with E-state index in [0.29, 0.717) is 10.9 Å². The fourth-order valence-corrected chi connectivity index (χ4v) is 6.74. The average Bonchev–Trinajstić information content (AvgIpc) is 3.37. The van der Waals surface area contributed by atoms with Gasteiger partial charge in [0.15, 0.2) is 21.4 Å². The molecule has 0 bridgehead atoms. The van der Waals surface area contributed by atoms with Crippen LogP contribution in [0.15, 0.2) is 53.7 Å². The largest absolute Gasteiger partial charge is 0.360 e. The number of H-pyrrole nitrogens is 1. The summed E-state index contributed by atoms with van der Waals surface area (Å²) in [5.74, 6) is -1.23. The van der Waals surface area contributed by atoms with Crippen molar-refractivity contribution in [2.45, 2.75) is 50.1 Å². The van der Waals surface area contributed by atoms with Crippen LogP contribution in [0.4, 0.5) is 8.78 Å². The van der Waals surface area contributed by atoms with E-state index in [1.807, 2.05) is 25.1 Å². The molecule has 3 heterocycles. The molecule has 1 aliphatic heterocycles. The number of hydrogen-bond acceptors (Lipinski definition) is 7. The number of piperazine rings is 1. The lowest BCUT2D eigenvalue weighted by atomic mass is 9.96. The van der Waals surface area contributed by atoms with Gasteiger partial charge in [0.2, 0.25) is 0 Å². The van der Waals surface area contributed by atoms with Gasteiger partial charge in [0.25, 0.3) is 0 Å². The Morgan fingerprint density at radius 3 is 2.60 bits per heavy atom. The van der Waals surface area contributed by atoms with Crippen LogP contribution in [-0.2, 0) is 27.5 Å². The number of halogens is 2. The van der Waals surface area contributed by atoms with E-state index in [1.165, 1.54) is 18.2 Å². The van der Waals surface area contributed by atoms with Gasteiger partial charge in [-0.1, -0.05) is 37.3 Å². The van der Waals surface area contributed by atoms with Crippen LogP contribution < -0.4 is 0 Å². The molecule has 0 aliphatic carbocycles. The molecule has 0 saturated carbocycles. The molecule has 0 unspecified atom stereocenters. The number of carbonyl (C=O) groups is 1. The molecule has 0 radical (unpaired) electrons. The standard InChI is InChI=1S/C31H35F2N5O3S/c1-5-25(38-13-12-37(3)18-19(38)2)26(39)14-21-9-6-10-22-23(16-35-30(21)22)31-24(32)17-34-28(36-31)15-20-8-7-11-27(29(20)33)42(4,40)41/h6-11,16-17,19,25,35H,5,12-15,18H2,1-4H3/t19-,25-/m0/s1. The number of aromatic nitrogens is 3. The molecule has 4 aromatic rings. The molecule has 1 fully saturated rings. The van der Waals surface area contributed by atoms with Crippen LogP contribution in [-0.4, -0.2) is 84.0 Å². The molecule has 0 amide bonds. The molecule has 11 heteroatoms. The van der Waals surface area contributed by atoms with E-state index >= 15 is 4.39 Å². The first-order valence-electron chi connectivity index (χ1n) is 14.0. The summed E-state index contributed by atoms with van der Waals surface area (Å²) in [5.41, 5.74) is 2.17. The van der Waals surface area contributed by atoms with Gasteiger partial charge >= 0.3 is 0 Å². The summed E-state index contributed by atoms with van der Waals surface area (Å²) in [7, 11) is -1.67. The monoisotopic (exact) mass is 595 g/mol. The normalized spacial score (nSPS) is 17.5. The number of benzene rings is 2. The van der Waals surface area contributed by atoms with E-state index in [9.17, 15) is 17.6 Å². The fourth-order valence-electron chi connectivity index (χ4n) is 5.96. The fraction of sp³-hybridized carbons (Fsp3) is 0.387. The van der Waals surface area contributed by atoms with Crippen LogP contribution in [0.1, 0.15) is 37.2 Å². The maximum atomic E-state index is 15.1. The second-order valence-corrected chi connectivity index (χ2v) is 13.1. The van der Waals surface area contributed by atoms with Crippen LogP contribution in [0.25, 0.3) is 22.2 Å². The van der Waals surface area contributed by atoms with Crippen LogP contribution >= 0.6 is 0 Å². The third-order valence-corrected chi connectivity index (χ3v) is 9.16. The molecule has 2 atom stereocenters. The number of fused-ring (bicyclic) bond motifs is 1. The van der Waals surface area contributed by atoms with Gasteiger partial charge in [-0.15, -0.1) is 0 Å². The maximum absolute atomic E-state index is 15.1. The molecule has 1 aliphatic rings. The maximum Gasteiger partial charge on any atom is 0.178 e. The molecule has 8 nitrogen and oxygen atoms in total. The van der Waals surface area contributed by atoms with Crippen molar-refractivity contribution in [3.8, 4) is 11.3 Å². The van der Waals surface area contributed by atoms with Crippen molar-refractivity contribution in [3.05, 3.63) is 77.4 Å². The number of ketones is 1. The predicted octanol–water partition coefficient (Wildman–Crippen LogP) is 4.42. The molecule has 222 valence electrons. The Bertz CT molecular complexity index is 1740. The zero-order chi connectivity index (χ0) is 30.2. The lowest BCUT2D eigenvalue weighted by Crippen LogP contribution is -2.56. The number of nitrogens with zero attached hydrogens (tertiary/aromatic N) is 4. The highest BCUT2D eigenvalue weighted by Crippen LogP contribution is 2.32. The highest BCUT2D eigenvalue weighted by molar-refractivity contribution is 7.90. The predicted molar refractivity (Wildman–Crippen MR) is 158 cm³/mol. The summed E-state index contributed by atoms with van der Waals surface area (Å²) in [6.45, 7) is 6.88. The smallest absolute Gasteiger partial charge is 0.178 e. The van der Waals surface area contributed by atoms with E-state index in [2.05, 4.69) is 38.7 Å². The summed E-state index contributed by atoms with van der Waals surface area (Å²) < 4.78 is 53.9. The minimum Gasteiger partial charge on any atom is -0.360 e. The number of nitrogens with one attached hydrogen (secondary N) is 1.